The molecule has 1 unspecified atom stereocenters. The second kappa shape index (κ2) is 4.98. The van der Waals surface area contributed by atoms with E-state index >= 15 is 0 Å². The predicted octanol–water partition coefficient (Wildman–Crippen LogP) is 1.78. The van der Waals surface area contributed by atoms with E-state index in [4.69, 9.17) is 5.73 Å². The molecule has 3 nitrogen and oxygen atoms in total. The van der Waals surface area contributed by atoms with E-state index in [0.717, 1.165) is 0 Å². The number of amides is 1. The Balaban J connectivity index is 2.90. The van der Waals surface area contributed by atoms with Gasteiger partial charge in [-0.3, -0.25) is 4.79 Å². The summed E-state index contributed by atoms with van der Waals surface area (Å²) in [4.78, 5) is 11.3. The first-order valence-corrected chi connectivity index (χ1v) is 4.66. The van der Waals surface area contributed by atoms with Crippen LogP contribution in [0.5, 0.6) is 0 Å². The number of hydrogen-bond donors (Lipinski definition) is 2. The molecule has 0 aliphatic carbocycles. The van der Waals surface area contributed by atoms with Gasteiger partial charge in [-0.15, -0.1) is 0 Å². The Hall–Kier alpha value is -1.56. The van der Waals surface area contributed by atoms with Crippen LogP contribution in [0, 0.1) is 17.5 Å². The topological polar surface area (TPSA) is 55.1 Å². The molecule has 0 saturated heterocycles. The highest BCUT2D eigenvalue weighted by Crippen LogP contribution is 2.18. The van der Waals surface area contributed by atoms with Gasteiger partial charge in [0, 0.05) is 12.1 Å². The predicted molar refractivity (Wildman–Crippen MR) is 53.2 cm³/mol. The SMILES string of the molecule is CCC(N)C(=O)Nc1cc(F)c(F)cc1F. The minimum atomic E-state index is -1.31. The van der Waals surface area contributed by atoms with Crippen LogP contribution >= 0.6 is 0 Å². The van der Waals surface area contributed by atoms with Crippen molar-refractivity contribution in [2.75, 3.05) is 5.32 Å². The largest absolute Gasteiger partial charge is 0.322 e. The number of hydrogen-bond acceptors (Lipinski definition) is 2. The van der Waals surface area contributed by atoms with Crippen LogP contribution in [0.2, 0.25) is 0 Å². The molecule has 0 spiro atoms. The zero-order valence-corrected chi connectivity index (χ0v) is 8.56. The Morgan fingerprint density at radius 3 is 2.44 bits per heavy atom. The number of carbonyl (C=O) groups excluding carboxylic acids is 1. The van der Waals surface area contributed by atoms with Crippen molar-refractivity contribution >= 4 is 11.6 Å². The molecule has 0 aliphatic heterocycles. The maximum absolute atomic E-state index is 13.1. The first-order chi connectivity index (χ1) is 7.45. The lowest BCUT2D eigenvalue weighted by molar-refractivity contribution is -0.117. The van der Waals surface area contributed by atoms with Gasteiger partial charge in [0.15, 0.2) is 11.6 Å². The third-order valence-corrected chi connectivity index (χ3v) is 2.04. The molecule has 0 aliphatic rings. The van der Waals surface area contributed by atoms with E-state index in [-0.39, 0.29) is 0 Å². The fourth-order valence-electron chi connectivity index (χ4n) is 1.03. The molecule has 0 bridgehead atoms. The molecule has 0 saturated carbocycles. The summed E-state index contributed by atoms with van der Waals surface area (Å²) in [5.74, 6) is -4.24. The lowest BCUT2D eigenvalue weighted by atomic mass is 10.2. The van der Waals surface area contributed by atoms with Crippen LogP contribution in [0.1, 0.15) is 13.3 Å². The Morgan fingerprint density at radius 1 is 1.31 bits per heavy atom. The number of nitrogens with one attached hydrogen (secondary N) is 1. The van der Waals surface area contributed by atoms with Crippen LogP contribution in [0.25, 0.3) is 0 Å². The summed E-state index contributed by atoms with van der Waals surface area (Å²) in [6.45, 7) is 1.67. The summed E-state index contributed by atoms with van der Waals surface area (Å²) >= 11 is 0. The van der Waals surface area contributed by atoms with Crippen LogP contribution in [-0.2, 0) is 4.79 Å². The smallest absolute Gasteiger partial charge is 0.241 e. The minimum absolute atomic E-state index is 0.358. The highest BCUT2D eigenvalue weighted by molar-refractivity contribution is 5.94. The fraction of sp³-hybridized carbons (Fsp3) is 0.300. The third-order valence-electron chi connectivity index (χ3n) is 2.04. The van der Waals surface area contributed by atoms with Gasteiger partial charge in [0.1, 0.15) is 5.82 Å². The lowest BCUT2D eigenvalue weighted by Crippen LogP contribution is -2.35. The maximum Gasteiger partial charge on any atom is 0.241 e. The molecule has 0 radical (unpaired) electrons. The number of carbonyl (C=O) groups is 1. The lowest BCUT2D eigenvalue weighted by Gasteiger charge is -2.10. The molecule has 1 atom stereocenters. The summed E-state index contributed by atoms with van der Waals surface area (Å²) in [6, 6.07) is 0.125. The summed E-state index contributed by atoms with van der Waals surface area (Å²) in [5.41, 5.74) is 4.96. The Morgan fingerprint density at radius 2 is 1.88 bits per heavy atom. The van der Waals surface area contributed by atoms with E-state index in [1.165, 1.54) is 0 Å². The van der Waals surface area contributed by atoms with Gasteiger partial charge in [-0.1, -0.05) is 6.92 Å². The number of rotatable bonds is 3. The monoisotopic (exact) mass is 232 g/mol. The molecule has 1 amide bonds. The standard InChI is InChI=1S/C10H11F3N2O/c1-2-8(14)10(16)15-9-4-6(12)5(11)3-7(9)13/h3-4,8H,2,14H2,1H3,(H,15,16). The van der Waals surface area contributed by atoms with Crippen LogP contribution in [-0.4, -0.2) is 11.9 Å². The van der Waals surface area contributed by atoms with E-state index in [9.17, 15) is 18.0 Å². The highest BCUT2D eigenvalue weighted by atomic mass is 19.2. The number of nitrogens with two attached hydrogens (primary N) is 1. The Bertz CT molecular complexity index is 409. The third kappa shape index (κ3) is 2.73. The quantitative estimate of drug-likeness (QED) is 0.780. The van der Waals surface area contributed by atoms with Gasteiger partial charge >= 0.3 is 0 Å². The van der Waals surface area contributed by atoms with Crippen molar-refractivity contribution < 1.29 is 18.0 Å². The number of halogens is 3. The van der Waals surface area contributed by atoms with Gasteiger partial charge in [-0.05, 0) is 6.42 Å². The van der Waals surface area contributed by atoms with Crippen LogP contribution in [0.4, 0.5) is 18.9 Å². The van der Waals surface area contributed by atoms with Crippen molar-refractivity contribution in [3.8, 4) is 0 Å². The minimum Gasteiger partial charge on any atom is -0.322 e. The fourth-order valence-corrected chi connectivity index (χ4v) is 1.03. The molecule has 0 heterocycles. The van der Waals surface area contributed by atoms with Gasteiger partial charge in [0.25, 0.3) is 0 Å². The first kappa shape index (κ1) is 12.5. The van der Waals surface area contributed by atoms with Gasteiger partial charge in [-0.25, -0.2) is 13.2 Å². The number of anilines is 1. The molecule has 0 fully saturated rings. The molecule has 0 aromatic heterocycles. The van der Waals surface area contributed by atoms with Crippen molar-refractivity contribution in [2.24, 2.45) is 5.73 Å². The normalized spacial score (nSPS) is 12.3. The zero-order valence-electron chi connectivity index (χ0n) is 8.56. The van der Waals surface area contributed by atoms with Crippen molar-refractivity contribution in [1.29, 1.82) is 0 Å². The Labute approximate surface area is 90.4 Å². The summed E-state index contributed by atoms with van der Waals surface area (Å²) < 4.78 is 38.4. The summed E-state index contributed by atoms with van der Waals surface area (Å²) in [5, 5.41) is 2.08. The summed E-state index contributed by atoms with van der Waals surface area (Å²) in [7, 11) is 0. The van der Waals surface area contributed by atoms with Gasteiger partial charge in [0.05, 0.1) is 11.7 Å². The maximum atomic E-state index is 13.1. The molecule has 1 aromatic carbocycles. The van der Waals surface area contributed by atoms with Gasteiger partial charge < -0.3 is 11.1 Å². The zero-order chi connectivity index (χ0) is 12.3. The van der Waals surface area contributed by atoms with Gasteiger partial charge in [0.2, 0.25) is 5.91 Å². The second-order valence-corrected chi connectivity index (χ2v) is 3.25. The average molecular weight is 232 g/mol. The molecular weight excluding hydrogens is 221 g/mol. The van der Waals surface area contributed by atoms with E-state index in [2.05, 4.69) is 5.32 Å². The van der Waals surface area contributed by atoms with E-state index in [0.29, 0.717) is 18.6 Å². The van der Waals surface area contributed by atoms with Crippen LogP contribution < -0.4 is 11.1 Å². The molecule has 1 aromatic rings. The van der Waals surface area contributed by atoms with Crippen LogP contribution in [0.3, 0.4) is 0 Å². The molecule has 3 N–H and O–H groups in total. The van der Waals surface area contributed by atoms with Crippen molar-refractivity contribution in [3.63, 3.8) is 0 Å². The number of benzene rings is 1. The van der Waals surface area contributed by atoms with E-state index < -0.39 is 35.1 Å². The van der Waals surface area contributed by atoms with Crippen LogP contribution in [0.15, 0.2) is 12.1 Å². The highest BCUT2D eigenvalue weighted by Gasteiger charge is 2.15. The van der Waals surface area contributed by atoms with E-state index in [1.54, 1.807) is 6.92 Å². The van der Waals surface area contributed by atoms with Crippen molar-refractivity contribution in [1.82, 2.24) is 0 Å². The molecular formula is C10H11F3N2O. The summed E-state index contributed by atoms with van der Waals surface area (Å²) in [6.07, 6.45) is 0.358. The molecule has 1 rings (SSSR count). The first-order valence-electron chi connectivity index (χ1n) is 4.66. The van der Waals surface area contributed by atoms with E-state index in [1.807, 2.05) is 0 Å². The van der Waals surface area contributed by atoms with Gasteiger partial charge in [-0.2, -0.15) is 0 Å². The molecule has 16 heavy (non-hydrogen) atoms. The molecule has 6 heteroatoms. The van der Waals surface area contributed by atoms with Crippen molar-refractivity contribution in [2.45, 2.75) is 19.4 Å². The van der Waals surface area contributed by atoms with Crippen molar-refractivity contribution in [3.05, 3.63) is 29.6 Å². The molecule has 88 valence electrons. The average Bonchev–Trinajstić information content (AvgIpc) is 2.24. The second-order valence-electron chi connectivity index (χ2n) is 3.25. The Kier molecular flexibility index (Phi) is 3.89.